The standard InChI is InChI=1S/C15H15BrO2/c1-10(2)15(17)9-18-14-6-4-11-7-13(16)5-3-12(11)8-14/h3-8,10H,9H2,1-2H3. The van der Waals surface area contributed by atoms with Crippen LogP contribution in [0.4, 0.5) is 0 Å². The van der Waals surface area contributed by atoms with Crippen molar-refractivity contribution in [2.75, 3.05) is 6.61 Å². The van der Waals surface area contributed by atoms with Crippen LogP contribution in [0, 0.1) is 5.92 Å². The number of ether oxygens (including phenoxy) is 1. The van der Waals surface area contributed by atoms with Gasteiger partial charge in [0.2, 0.25) is 0 Å². The lowest BCUT2D eigenvalue weighted by atomic mass is 10.1. The van der Waals surface area contributed by atoms with E-state index in [0.29, 0.717) is 0 Å². The highest BCUT2D eigenvalue weighted by molar-refractivity contribution is 9.10. The Morgan fingerprint density at radius 3 is 2.56 bits per heavy atom. The number of rotatable bonds is 4. The minimum absolute atomic E-state index is 0.0152. The van der Waals surface area contributed by atoms with Crippen LogP contribution in [-0.2, 0) is 4.79 Å². The Morgan fingerprint density at radius 2 is 1.83 bits per heavy atom. The van der Waals surface area contributed by atoms with Crippen LogP contribution < -0.4 is 4.74 Å². The van der Waals surface area contributed by atoms with Crippen molar-refractivity contribution in [2.45, 2.75) is 13.8 Å². The van der Waals surface area contributed by atoms with Crippen LogP contribution in [0.3, 0.4) is 0 Å². The molecule has 3 heteroatoms. The zero-order valence-corrected chi connectivity index (χ0v) is 12.0. The minimum atomic E-state index is 0.0152. The Labute approximate surface area is 115 Å². The molecule has 2 aromatic rings. The minimum Gasteiger partial charge on any atom is -0.486 e. The molecule has 0 spiro atoms. The molecule has 0 heterocycles. The van der Waals surface area contributed by atoms with Gasteiger partial charge in [-0.2, -0.15) is 0 Å². The normalized spacial score (nSPS) is 10.9. The summed E-state index contributed by atoms with van der Waals surface area (Å²) in [5, 5.41) is 2.25. The van der Waals surface area contributed by atoms with Gasteiger partial charge in [-0.3, -0.25) is 4.79 Å². The monoisotopic (exact) mass is 306 g/mol. The van der Waals surface area contributed by atoms with E-state index in [-0.39, 0.29) is 18.3 Å². The first kappa shape index (κ1) is 13.1. The van der Waals surface area contributed by atoms with E-state index in [1.54, 1.807) is 0 Å². The summed E-state index contributed by atoms with van der Waals surface area (Å²) >= 11 is 3.44. The topological polar surface area (TPSA) is 26.3 Å². The number of ketones is 1. The smallest absolute Gasteiger partial charge is 0.172 e. The molecule has 2 rings (SSSR count). The van der Waals surface area contributed by atoms with Crippen LogP contribution in [0.5, 0.6) is 5.75 Å². The number of benzene rings is 2. The van der Waals surface area contributed by atoms with Crippen molar-refractivity contribution in [1.82, 2.24) is 0 Å². The lowest BCUT2D eigenvalue weighted by Crippen LogP contribution is -2.16. The summed E-state index contributed by atoms with van der Waals surface area (Å²) in [5.41, 5.74) is 0. The van der Waals surface area contributed by atoms with E-state index < -0.39 is 0 Å². The van der Waals surface area contributed by atoms with Crippen LogP contribution in [0.2, 0.25) is 0 Å². The van der Waals surface area contributed by atoms with Crippen LogP contribution in [-0.4, -0.2) is 12.4 Å². The Kier molecular flexibility index (Phi) is 4.02. The molecule has 0 unspecified atom stereocenters. The summed E-state index contributed by atoms with van der Waals surface area (Å²) in [6.45, 7) is 3.90. The van der Waals surface area contributed by atoms with Crippen LogP contribution in [0.25, 0.3) is 10.8 Å². The fourth-order valence-corrected chi connectivity index (χ4v) is 1.98. The van der Waals surface area contributed by atoms with Gasteiger partial charge in [0.1, 0.15) is 12.4 Å². The summed E-state index contributed by atoms with van der Waals surface area (Å²) in [6, 6.07) is 11.9. The highest BCUT2D eigenvalue weighted by Gasteiger charge is 2.08. The molecule has 0 amide bonds. The van der Waals surface area contributed by atoms with Gasteiger partial charge in [-0.1, -0.05) is 41.9 Å². The average Bonchev–Trinajstić information content (AvgIpc) is 2.35. The molecular formula is C15H15BrO2. The maximum absolute atomic E-state index is 11.5. The van der Waals surface area contributed by atoms with Gasteiger partial charge in [0.15, 0.2) is 5.78 Å². The fraction of sp³-hybridized carbons (Fsp3) is 0.267. The average molecular weight is 307 g/mol. The van der Waals surface area contributed by atoms with E-state index in [4.69, 9.17) is 4.74 Å². The third-order valence-electron chi connectivity index (χ3n) is 2.80. The van der Waals surface area contributed by atoms with Gasteiger partial charge in [0.25, 0.3) is 0 Å². The maximum Gasteiger partial charge on any atom is 0.172 e. The number of Topliss-reactive ketones (excluding diaryl/α,β-unsaturated/α-hetero) is 1. The molecule has 0 aromatic heterocycles. The molecule has 0 aliphatic carbocycles. The van der Waals surface area contributed by atoms with Crippen LogP contribution in [0.15, 0.2) is 40.9 Å². The van der Waals surface area contributed by atoms with Gasteiger partial charge in [-0.25, -0.2) is 0 Å². The third-order valence-corrected chi connectivity index (χ3v) is 3.29. The van der Waals surface area contributed by atoms with Crippen molar-refractivity contribution < 1.29 is 9.53 Å². The highest BCUT2D eigenvalue weighted by Crippen LogP contribution is 2.24. The molecule has 0 saturated heterocycles. The van der Waals surface area contributed by atoms with E-state index in [2.05, 4.69) is 22.0 Å². The second-order valence-corrected chi connectivity index (χ2v) is 5.48. The second kappa shape index (κ2) is 5.53. The largest absolute Gasteiger partial charge is 0.486 e. The van der Waals surface area contributed by atoms with E-state index >= 15 is 0 Å². The summed E-state index contributed by atoms with van der Waals surface area (Å²) in [6.07, 6.45) is 0. The molecule has 0 bridgehead atoms. The Morgan fingerprint density at radius 1 is 1.17 bits per heavy atom. The highest BCUT2D eigenvalue weighted by atomic mass is 79.9. The van der Waals surface area contributed by atoms with Gasteiger partial charge in [-0.15, -0.1) is 0 Å². The van der Waals surface area contributed by atoms with Crippen molar-refractivity contribution in [1.29, 1.82) is 0 Å². The Bertz CT molecular complexity index is 576. The first-order chi connectivity index (χ1) is 8.56. The number of carbonyl (C=O) groups excluding carboxylic acids is 1. The summed E-state index contributed by atoms with van der Waals surface area (Å²) in [5.74, 6) is 0.867. The lowest BCUT2D eigenvalue weighted by molar-refractivity contribution is -0.123. The lowest BCUT2D eigenvalue weighted by Gasteiger charge is -2.08. The second-order valence-electron chi connectivity index (χ2n) is 4.56. The maximum atomic E-state index is 11.5. The van der Waals surface area contributed by atoms with E-state index in [9.17, 15) is 4.79 Å². The van der Waals surface area contributed by atoms with Crippen molar-refractivity contribution in [2.24, 2.45) is 5.92 Å². The first-order valence-electron chi connectivity index (χ1n) is 5.91. The van der Waals surface area contributed by atoms with Gasteiger partial charge in [-0.05, 0) is 35.0 Å². The molecule has 94 valence electrons. The number of halogens is 1. The molecular weight excluding hydrogens is 292 g/mol. The van der Waals surface area contributed by atoms with Gasteiger partial charge >= 0.3 is 0 Å². The van der Waals surface area contributed by atoms with Crippen LogP contribution >= 0.6 is 15.9 Å². The predicted molar refractivity (Wildman–Crippen MR) is 77.0 cm³/mol. The third kappa shape index (κ3) is 3.10. The molecule has 0 fully saturated rings. The zero-order chi connectivity index (χ0) is 13.1. The number of hydrogen-bond acceptors (Lipinski definition) is 2. The first-order valence-corrected chi connectivity index (χ1v) is 6.70. The predicted octanol–water partition coefficient (Wildman–Crippen LogP) is 4.21. The van der Waals surface area contributed by atoms with Crippen molar-refractivity contribution in [3.63, 3.8) is 0 Å². The van der Waals surface area contributed by atoms with Gasteiger partial charge in [0.05, 0.1) is 0 Å². The van der Waals surface area contributed by atoms with E-state index in [0.717, 1.165) is 21.0 Å². The number of carbonyl (C=O) groups is 1. The molecule has 0 atom stereocenters. The van der Waals surface area contributed by atoms with Gasteiger partial charge < -0.3 is 4.74 Å². The molecule has 2 nitrogen and oxygen atoms in total. The summed E-state index contributed by atoms with van der Waals surface area (Å²) < 4.78 is 6.56. The van der Waals surface area contributed by atoms with Gasteiger partial charge in [0, 0.05) is 10.4 Å². The van der Waals surface area contributed by atoms with E-state index in [1.165, 1.54) is 0 Å². The zero-order valence-electron chi connectivity index (χ0n) is 10.4. The van der Waals surface area contributed by atoms with Crippen molar-refractivity contribution in [3.8, 4) is 5.75 Å². The molecule has 2 aromatic carbocycles. The molecule has 0 radical (unpaired) electrons. The quantitative estimate of drug-likeness (QED) is 0.846. The van der Waals surface area contributed by atoms with Crippen LogP contribution in [0.1, 0.15) is 13.8 Å². The Hall–Kier alpha value is -1.35. The molecule has 0 aliphatic rings. The molecule has 0 N–H and O–H groups in total. The fourth-order valence-electron chi connectivity index (χ4n) is 1.61. The number of hydrogen-bond donors (Lipinski definition) is 0. The van der Waals surface area contributed by atoms with E-state index in [1.807, 2.05) is 44.2 Å². The van der Waals surface area contributed by atoms with Crippen molar-refractivity contribution in [3.05, 3.63) is 40.9 Å². The SMILES string of the molecule is CC(C)C(=O)COc1ccc2cc(Br)ccc2c1. The van der Waals surface area contributed by atoms with Crippen molar-refractivity contribution >= 4 is 32.5 Å². The molecule has 0 aliphatic heterocycles. The summed E-state index contributed by atoms with van der Waals surface area (Å²) in [7, 11) is 0. The number of fused-ring (bicyclic) bond motifs is 1. The molecule has 0 saturated carbocycles. The molecule has 18 heavy (non-hydrogen) atoms. The Balaban J connectivity index is 2.15. The summed E-state index contributed by atoms with van der Waals surface area (Å²) in [4.78, 5) is 11.5.